The molecule has 0 radical (unpaired) electrons. The van der Waals surface area contributed by atoms with Crippen molar-refractivity contribution in [1.82, 2.24) is 10.4 Å². The topological polar surface area (TPSA) is 75.3 Å². The van der Waals surface area contributed by atoms with Gasteiger partial charge in [0, 0.05) is 5.69 Å². The lowest BCUT2D eigenvalue weighted by molar-refractivity contribution is 1.02. The van der Waals surface area contributed by atoms with Crippen molar-refractivity contribution >= 4 is 17.3 Å². The number of hydrogen-bond donors (Lipinski definition) is 3. The van der Waals surface area contributed by atoms with Crippen LogP contribution in [0.1, 0.15) is 5.69 Å². The van der Waals surface area contributed by atoms with Gasteiger partial charge in [0.1, 0.15) is 0 Å². The van der Waals surface area contributed by atoms with Crippen molar-refractivity contribution in [2.45, 2.75) is 6.92 Å². The molecule has 18 heavy (non-hydrogen) atoms. The van der Waals surface area contributed by atoms with Crippen LogP contribution in [0.4, 0.5) is 11.4 Å². The molecule has 0 amide bonds. The van der Waals surface area contributed by atoms with Crippen LogP contribution < -0.4 is 16.6 Å². The lowest BCUT2D eigenvalue weighted by Crippen LogP contribution is -2.36. The fourth-order valence-corrected chi connectivity index (χ4v) is 1.41. The monoisotopic (exact) mass is 241 g/mol. The summed E-state index contributed by atoms with van der Waals surface area (Å²) in [6.07, 6.45) is 1.73. The number of hydrogen-bond acceptors (Lipinski definition) is 3. The summed E-state index contributed by atoms with van der Waals surface area (Å²) < 4.78 is 0. The molecule has 0 unspecified atom stereocenters. The molecule has 0 saturated heterocycles. The molecule has 0 bridgehead atoms. The highest BCUT2D eigenvalue weighted by atomic mass is 15.3. The van der Waals surface area contributed by atoms with Crippen molar-refractivity contribution in [3.63, 3.8) is 0 Å². The second kappa shape index (κ2) is 5.79. The predicted molar refractivity (Wildman–Crippen MR) is 73.5 cm³/mol. The van der Waals surface area contributed by atoms with Gasteiger partial charge in [-0.25, -0.2) is 10.8 Å². The molecule has 0 atom stereocenters. The van der Waals surface area contributed by atoms with E-state index in [-0.39, 0.29) is 0 Å². The van der Waals surface area contributed by atoms with Gasteiger partial charge < -0.3 is 5.32 Å². The lowest BCUT2D eigenvalue weighted by atomic mass is 10.3. The Balaban J connectivity index is 2.15. The summed E-state index contributed by atoms with van der Waals surface area (Å²) >= 11 is 0. The third-order valence-corrected chi connectivity index (χ3v) is 2.31. The molecule has 0 aliphatic carbocycles. The van der Waals surface area contributed by atoms with Gasteiger partial charge in [0.2, 0.25) is 5.96 Å². The largest absolute Gasteiger partial charge is 0.324 e. The Morgan fingerprint density at radius 3 is 2.56 bits per heavy atom. The third kappa shape index (κ3) is 3.29. The first kappa shape index (κ1) is 12.1. The van der Waals surface area contributed by atoms with Crippen LogP contribution in [0.3, 0.4) is 0 Å². The number of hydrazine groups is 1. The zero-order chi connectivity index (χ0) is 12.8. The SMILES string of the molecule is Cc1ccc(NC(=Nc2ccccc2)NN)cn1. The maximum Gasteiger partial charge on any atom is 0.215 e. The molecule has 0 aliphatic rings. The van der Waals surface area contributed by atoms with Gasteiger partial charge in [-0.2, -0.15) is 0 Å². The van der Waals surface area contributed by atoms with Crippen molar-refractivity contribution in [1.29, 1.82) is 0 Å². The second-order valence-corrected chi connectivity index (χ2v) is 3.75. The Labute approximate surface area is 106 Å². The molecular formula is C13H15N5. The van der Waals surface area contributed by atoms with Crippen LogP contribution in [0, 0.1) is 6.92 Å². The van der Waals surface area contributed by atoms with E-state index in [4.69, 9.17) is 5.84 Å². The van der Waals surface area contributed by atoms with Crippen molar-refractivity contribution in [3.05, 3.63) is 54.4 Å². The molecule has 1 heterocycles. The highest BCUT2D eigenvalue weighted by molar-refractivity contribution is 5.94. The average molecular weight is 241 g/mol. The number of nitrogens with one attached hydrogen (secondary N) is 2. The standard InChI is InChI=1S/C13H15N5/c1-10-7-8-12(9-15-10)17-13(18-14)16-11-5-3-2-4-6-11/h2-9H,14H2,1H3,(H2,16,17,18). The molecule has 1 aromatic heterocycles. The summed E-state index contributed by atoms with van der Waals surface area (Å²) in [7, 11) is 0. The first-order valence-electron chi connectivity index (χ1n) is 5.58. The van der Waals surface area contributed by atoms with Gasteiger partial charge in [0.25, 0.3) is 0 Å². The minimum atomic E-state index is 0.465. The molecule has 4 N–H and O–H groups in total. The minimum Gasteiger partial charge on any atom is -0.324 e. The maximum absolute atomic E-state index is 5.43. The van der Waals surface area contributed by atoms with E-state index >= 15 is 0 Å². The number of rotatable bonds is 2. The fourth-order valence-electron chi connectivity index (χ4n) is 1.41. The fraction of sp³-hybridized carbons (Fsp3) is 0.0769. The normalized spacial score (nSPS) is 11.1. The number of guanidine groups is 1. The second-order valence-electron chi connectivity index (χ2n) is 3.75. The van der Waals surface area contributed by atoms with Crippen molar-refractivity contribution in [2.75, 3.05) is 5.32 Å². The van der Waals surface area contributed by atoms with Gasteiger partial charge in [-0.3, -0.25) is 10.4 Å². The van der Waals surface area contributed by atoms with Crippen molar-refractivity contribution < 1.29 is 0 Å². The van der Waals surface area contributed by atoms with E-state index in [2.05, 4.69) is 20.7 Å². The van der Waals surface area contributed by atoms with E-state index in [0.29, 0.717) is 5.96 Å². The number of anilines is 1. The van der Waals surface area contributed by atoms with Crippen LogP contribution >= 0.6 is 0 Å². The zero-order valence-corrected chi connectivity index (χ0v) is 10.1. The van der Waals surface area contributed by atoms with Crippen LogP contribution in [0.15, 0.2) is 53.7 Å². The van der Waals surface area contributed by atoms with Crippen LogP contribution in [0.2, 0.25) is 0 Å². The summed E-state index contributed by atoms with van der Waals surface area (Å²) in [4.78, 5) is 8.52. The molecule has 0 spiro atoms. The molecular weight excluding hydrogens is 226 g/mol. The molecule has 5 heteroatoms. The summed E-state index contributed by atoms with van der Waals surface area (Å²) in [6.45, 7) is 1.93. The highest BCUT2D eigenvalue weighted by Crippen LogP contribution is 2.11. The smallest absolute Gasteiger partial charge is 0.215 e. The van der Waals surface area contributed by atoms with Gasteiger partial charge >= 0.3 is 0 Å². The molecule has 1 aromatic carbocycles. The quantitative estimate of drug-likeness (QED) is 0.325. The van der Waals surface area contributed by atoms with Gasteiger partial charge in [-0.15, -0.1) is 0 Å². The van der Waals surface area contributed by atoms with E-state index < -0.39 is 0 Å². The summed E-state index contributed by atoms with van der Waals surface area (Å²) in [5.41, 5.74) is 5.13. The Morgan fingerprint density at radius 2 is 1.94 bits per heavy atom. The summed E-state index contributed by atoms with van der Waals surface area (Å²) in [6, 6.07) is 13.4. The first-order valence-corrected chi connectivity index (χ1v) is 5.58. The molecule has 0 fully saturated rings. The van der Waals surface area contributed by atoms with E-state index in [1.54, 1.807) is 6.20 Å². The van der Waals surface area contributed by atoms with Gasteiger partial charge in [0.15, 0.2) is 0 Å². The van der Waals surface area contributed by atoms with Crippen LogP contribution in [0.5, 0.6) is 0 Å². The van der Waals surface area contributed by atoms with Gasteiger partial charge in [0.05, 0.1) is 17.6 Å². The number of aliphatic imine (C=N–C) groups is 1. The number of aryl methyl sites for hydroxylation is 1. The Hall–Kier alpha value is -2.40. The van der Waals surface area contributed by atoms with E-state index in [9.17, 15) is 0 Å². The van der Waals surface area contributed by atoms with E-state index in [1.807, 2.05) is 49.4 Å². The Morgan fingerprint density at radius 1 is 1.17 bits per heavy atom. The molecule has 2 aromatic rings. The number of nitrogens with zero attached hydrogens (tertiary/aromatic N) is 2. The van der Waals surface area contributed by atoms with Crippen LogP contribution in [-0.4, -0.2) is 10.9 Å². The van der Waals surface area contributed by atoms with Gasteiger partial charge in [-0.05, 0) is 31.2 Å². The van der Waals surface area contributed by atoms with Crippen molar-refractivity contribution in [3.8, 4) is 0 Å². The van der Waals surface area contributed by atoms with Gasteiger partial charge in [-0.1, -0.05) is 18.2 Å². The third-order valence-electron chi connectivity index (χ3n) is 2.31. The number of pyridine rings is 1. The lowest BCUT2D eigenvalue weighted by Gasteiger charge is -2.08. The maximum atomic E-state index is 5.43. The number of para-hydroxylation sites is 1. The van der Waals surface area contributed by atoms with Crippen LogP contribution in [-0.2, 0) is 0 Å². The number of aromatic nitrogens is 1. The van der Waals surface area contributed by atoms with E-state index in [1.165, 1.54) is 0 Å². The van der Waals surface area contributed by atoms with Crippen molar-refractivity contribution in [2.24, 2.45) is 10.8 Å². The molecule has 92 valence electrons. The summed E-state index contributed by atoms with van der Waals surface area (Å²) in [5, 5.41) is 3.06. The van der Waals surface area contributed by atoms with Crippen LogP contribution in [0.25, 0.3) is 0 Å². The molecule has 5 nitrogen and oxygen atoms in total. The average Bonchev–Trinajstić information content (AvgIpc) is 2.41. The first-order chi connectivity index (χ1) is 8.78. The number of benzene rings is 1. The molecule has 0 saturated carbocycles. The Bertz CT molecular complexity index is 519. The molecule has 2 rings (SSSR count). The summed E-state index contributed by atoms with van der Waals surface area (Å²) in [5.74, 6) is 5.90. The minimum absolute atomic E-state index is 0.465. The molecule has 0 aliphatic heterocycles. The Kier molecular flexibility index (Phi) is 3.88. The highest BCUT2D eigenvalue weighted by Gasteiger charge is 1.98. The number of nitrogens with two attached hydrogens (primary N) is 1. The predicted octanol–water partition coefficient (Wildman–Crippen LogP) is 1.95. The zero-order valence-electron chi connectivity index (χ0n) is 10.1. The van der Waals surface area contributed by atoms with E-state index in [0.717, 1.165) is 17.1 Å².